The minimum absolute atomic E-state index is 0.00153. The monoisotopic (exact) mass is 330 g/mol. The molecule has 1 aromatic carbocycles. The van der Waals surface area contributed by atoms with Crippen LogP contribution in [0.1, 0.15) is 50.5 Å². The number of halogens is 3. The van der Waals surface area contributed by atoms with Crippen LogP contribution in [0.15, 0.2) is 24.3 Å². The molecule has 6 heteroatoms. The van der Waals surface area contributed by atoms with E-state index in [1.165, 1.54) is 31.4 Å². The Bertz CT molecular complexity index is 494. The van der Waals surface area contributed by atoms with Gasteiger partial charge in [-0.25, -0.2) is 0 Å². The highest BCUT2D eigenvalue weighted by atomic mass is 32.1. The second-order valence-corrected chi connectivity index (χ2v) is 6.09. The number of nitrogens with one attached hydrogen (secondary N) is 2. The molecule has 2 nitrogen and oxygen atoms in total. The average Bonchev–Trinajstić information content (AvgIpc) is 2.41. The quantitative estimate of drug-likeness (QED) is 0.737. The van der Waals surface area contributed by atoms with Crippen LogP contribution in [0.3, 0.4) is 0 Å². The summed E-state index contributed by atoms with van der Waals surface area (Å²) in [5.41, 5.74) is -0.699. The third kappa shape index (κ3) is 5.16. The summed E-state index contributed by atoms with van der Waals surface area (Å²) in [5.74, 6) is 0. The van der Waals surface area contributed by atoms with E-state index >= 15 is 0 Å². The summed E-state index contributed by atoms with van der Waals surface area (Å²) < 4.78 is 38.9. The van der Waals surface area contributed by atoms with Crippen molar-refractivity contribution >= 4 is 23.0 Å². The molecule has 0 unspecified atom stereocenters. The van der Waals surface area contributed by atoms with E-state index in [9.17, 15) is 13.2 Å². The van der Waals surface area contributed by atoms with Crippen LogP contribution in [0, 0.1) is 0 Å². The van der Waals surface area contributed by atoms with Crippen LogP contribution in [-0.4, -0.2) is 11.2 Å². The maximum Gasteiger partial charge on any atom is 0.418 e. The maximum absolute atomic E-state index is 13.0. The Kier molecular flexibility index (Phi) is 6.06. The van der Waals surface area contributed by atoms with Crippen molar-refractivity contribution < 1.29 is 13.2 Å². The molecule has 0 atom stereocenters. The fraction of sp³-hybridized carbons (Fsp3) is 0.562. The van der Waals surface area contributed by atoms with E-state index in [1.807, 2.05) is 0 Å². The van der Waals surface area contributed by atoms with Crippen molar-refractivity contribution in [3.05, 3.63) is 29.8 Å². The molecule has 1 aliphatic rings. The van der Waals surface area contributed by atoms with Gasteiger partial charge in [-0.05, 0) is 37.2 Å². The van der Waals surface area contributed by atoms with E-state index in [-0.39, 0.29) is 16.8 Å². The first-order valence-corrected chi connectivity index (χ1v) is 8.11. The van der Waals surface area contributed by atoms with Gasteiger partial charge in [-0.1, -0.05) is 44.2 Å². The molecule has 1 fully saturated rings. The van der Waals surface area contributed by atoms with Crippen LogP contribution >= 0.6 is 12.2 Å². The van der Waals surface area contributed by atoms with E-state index < -0.39 is 11.7 Å². The molecule has 1 saturated carbocycles. The van der Waals surface area contributed by atoms with Gasteiger partial charge in [0.1, 0.15) is 0 Å². The topological polar surface area (TPSA) is 24.1 Å². The fourth-order valence-corrected chi connectivity index (χ4v) is 3.06. The Balaban J connectivity index is 1.97. The van der Waals surface area contributed by atoms with Gasteiger partial charge in [0.2, 0.25) is 0 Å². The first-order valence-electron chi connectivity index (χ1n) is 7.70. The van der Waals surface area contributed by atoms with Gasteiger partial charge in [0.25, 0.3) is 0 Å². The van der Waals surface area contributed by atoms with E-state index in [1.54, 1.807) is 6.07 Å². The molecule has 0 saturated heterocycles. The molecular weight excluding hydrogens is 309 g/mol. The van der Waals surface area contributed by atoms with Gasteiger partial charge in [-0.3, -0.25) is 0 Å². The molecule has 1 aliphatic carbocycles. The number of benzene rings is 1. The predicted octanol–water partition coefficient (Wildman–Crippen LogP) is 5.10. The Hall–Kier alpha value is -1.30. The van der Waals surface area contributed by atoms with E-state index in [4.69, 9.17) is 12.2 Å². The third-order valence-corrected chi connectivity index (χ3v) is 4.14. The Morgan fingerprint density at radius 3 is 2.23 bits per heavy atom. The van der Waals surface area contributed by atoms with Gasteiger partial charge < -0.3 is 10.6 Å². The number of alkyl halides is 3. The number of thiocarbonyl (C=S) groups is 1. The van der Waals surface area contributed by atoms with Gasteiger partial charge in [-0.2, -0.15) is 13.2 Å². The second kappa shape index (κ2) is 7.81. The summed E-state index contributed by atoms with van der Waals surface area (Å²) in [7, 11) is 0. The summed E-state index contributed by atoms with van der Waals surface area (Å²) in [6, 6.07) is 5.64. The Labute approximate surface area is 134 Å². The van der Waals surface area contributed by atoms with Crippen LogP contribution in [0.25, 0.3) is 0 Å². The number of hydrogen-bond donors (Lipinski definition) is 2. The summed E-state index contributed by atoms with van der Waals surface area (Å²) in [5, 5.41) is 6.13. The largest absolute Gasteiger partial charge is 0.418 e. The highest BCUT2D eigenvalue weighted by molar-refractivity contribution is 7.80. The molecule has 1 aromatic rings. The second-order valence-electron chi connectivity index (χ2n) is 5.68. The lowest BCUT2D eigenvalue weighted by Gasteiger charge is -2.23. The smallest absolute Gasteiger partial charge is 0.360 e. The van der Waals surface area contributed by atoms with Gasteiger partial charge in [-0.15, -0.1) is 0 Å². The zero-order valence-electron chi connectivity index (χ0n) is 12.4. The highest BCUT2D eigenvalue weighted by Gasteiger charge is 2.33. The van der Waals surface area contributed by atoms with Crippen LogP contribution in [0.5, 0.6) is 0 Å². The number of hydrogen-bond acceptors (Lipinski definition) is 1. The molecule has 0 spiro atoms. The number of rotatable bonds is 2. The molecule has 0 aliphatic heterocycles. The average molecular weight is 330 g/mol. The van der Waals surface area contributed by atoms with Gasteiger partial charge in [0, 0.05) is 6.04 Å². The van der Waals surface area contributed by atoms with Crippen molar-refractivity contribution in [3.8, 4) is 0 Å². The molecule has 2 N–H and O–H groups in total. The third-order valence-electron chi connectivity index (χ3n) is 3.92. The maximum atomic E-state index is 13.0. The highest BCUT2D eigenvalue weighted by Crippen LogP contribution is 2.34. The zero-order chi connectivity index (χ0) is 16.0. The molecular formula is C16H21F3N2S. The molecule has 2 rings (SSSR count). The SMILES string of the molecule is FC(F)(F)c1ccccc1NC(=S)NC1CCCCCCC1. The lowest BCUT2D eigenvalue weighted by atomic mass is 9.97. The zero-order valence-corrected chi connectivity index (χ0v) is 13.2. The van der Waals surface area contributed by atoms with Crippen molar-refractivity contribution in [1.29, 1.82) is 0 Å². The van der Waals surface area contributed by atoms with Crippen molar-refractivity contribution in [3.63, 3.8) is 0 Å². The first kappa shape index (κ1) is 17.1. The normalized spacial score (nSPS) is 17.4. The van der Waals surface area contributed by atoms with E-state index in [2.05, 4.69) is 10.6 Å². The predicted molar refractivity (Wildman–Crippen MR) is 86.9 cm³/mol. The van der Waals surface area contributed by atoms with Crippen LogP contribution in [0.4, 0.5) is 18.9 Å². The molecule has 0 aromatic heterocycles. The van der Waals surface area contributed by atoms with Crippen molar-refractivity contribution in [2.75, 3.05) is 5.32 Å². The van der Waals surface area contributed by atoms with Crippen molar-refractivity contribution in [2.24, 2.45) is 0 Å². The summed E-state index contributed by atoms with van der Waals surface area (Å²) >= 11 is 5.19. The van der Waals surface area contributed by atoms with E-state index in [0.717, 1.165) is 31.7 Å². The lowest BCUT2D eigenvalue weighted by Crippen LogP contribution is -2.38. The number of para-hydroxylation sites is 1. The van der Waals surface area contributed by atoms with Crippen LogP contribution < -0.4 is 10.6 Å². The van der Waals surface area contributed by atoms with E-state index in [0.29, 0.717) is 0 Å². The molecule has 22 heavy (non-hydrogen) atoms. The van der Waals surface area contributed by atoms with Crippen molar-refractivity contribution in [2.45, 2.75) is 57.2 Å². The fourth-order valence-electron chi connectivity index (χ4n) is 2.78. The number of anilines is 1. The summed E-state index contributed by atoms with van der Waals surface area (Å²) in [6.45, 7) is 0. The standard InChI is InChI=1S/C16H21F3N2S/c17-16(18,19)13-10-6-7-11-14(13)21-15(22)20-12-8-4-2-1-3-5-9-12/h6-7,10-12H,1-5,8-9H2,(H2,20,21,22). The summed E-state index contributed by atoms with van der Waals surface area (Å²) in [6.07, 6.45) is 3.63. The molecule has 122 valence electrons. The minimum Gasteiger partial charge on any atom is -0.360 e. The molecule has 0 amide bonds. The Morgan fingerprint density at radius 2 is 1.59 bits per heavy atom. The summed E-state index contributed by atoms with van der Waals surface area (Å²) in [4.78, 5) is 0. The minimum atomic E-state index is -4.39. The van der Waals surface area contributed by atoms with Gasteiger partial charge in [0.15, 0.2) is 5.11 Å². The molecule has 0 radical (unpaired) electrons. The van der Waals surface area contributed by atoms with Gasteiger partial charge >= 0.3 is 6.18 Å². The Morgan fingerprint density at radius 1 is 1.00 bits per heavy atom. The molecule has 0 bridgehead atoms. The van der Waals surface area contributed by atoms with Crippen LogP contribution in [0.2, 0.25) is 0 Å². The van der Waals surface area contributed by atoms with Crippen LogP contribution in [-0.2, 0) is 6.18 Å². The van der Waals surface area contributed by atoms with Gasteiger partial charge in [0.05, 0.1) is 11.3 Å². The first-order chi connectivity index (χ1) is 10.5. The lowest BCUT2D eigenvalue weighted by molar-refractivity contribution is -0.136. The van der Waals surface area contributed by atoms with Crippen molar-refractivity contribution in [1.82, 2.24) is 5.32 Å². The molecule has 0 heterocycles.